The Morgan fingerprint density at radius 2 is 1.78 bits per heavy atom. The lowest BCUT2D eigenvalue weighted by Crippen LogP contribution is -2.51. The van der Waals surface area contributed by atoms with E-state index >= 15 is 4.39 Å². The Balaban J connectivity index is 1.25. The first-order valence-electron chi connectivity index (χ1n) is 12.7. The van der Waals surface area contributed by atoms with E-state index in [4.69, 9.17) is 4.74 Å². The van der Waals surface area contributed by atoms with Gasteiger partial charge in [0.05, 0.1) is 24.8 Å². The molecule has 7 nitrogen and oxygen atoms in total. The van der Waals surface area contributed by atoms with Gasteiger partial charge in [-0.05, 0) is 30.2 Å². The summed E-state index contributed by atoms with van der Waals surface area (Å²) in [5, 5.41) is 2.76. The van der Waals surface area contributed by atoms with Gasteiger partial charge in [-0.15, -0.1) is 0 Å². The van der Waals surface area contributed by atoms with Gasteiger partial charge in [0.15, 0.2) is 0 Å². The normalized spacial score (nSPS) is 22.7. The van der Waals surface area contributed by atoms with E-state index in [1.54, 1.807) is 12.1 Å². The first-order chi connectivity index (χ1) is 17.8. The Labute approximate surface area is 214 Å². The predicted molar refractivity (Wildman–Crippen MR) is 133 cm³/mol. The summed E-state index contributed by atoms with van der Waals surface area (Å²) in [6.07, 6.45) is 0.335. The lowest BCUT2D eigenvalue weighted by atomic mass is 10.0. The van der Waals surface area contributed by atoms with Crippen LogP contribution >= 0.6 is 0 Å². The van der Waals surface area contributed by atoms with Gasteiger partial charge in [0, 0.05) is 51.4 Å². The minimum Gasteiger partial charge on any atom is -0.381 e. The molecule has 0 radical (unpaired) electrons. The Bertz CT molecular complexity index is 1120. The van der Waals surface area contributed by atoms with E-state index in [0.717, 1.165) is 5.56 Å². The van der Waals surface area contributed by atoms with Crippen LogP contribution in [0.5, 0.6) is 0 Å². The third-order valence-electron chi connectivity index (χ3n) is 7.37. The molecule has 3 aliphatic heterocycles. The van der Waals surface area contributed by atoms with Crippen LogP contribution in [0.1, 0.15) is 24.4 Å². The highest BCUT2D eigenvalue weighted by molar-refractivity contribution is 5.93. The molecule has 198 valence electrons. The summed E-state index contributed by atoms with van der Waals surface area (Å²) < 4.78 is 47.9. The van der Waals surface area contributed by atoms with Gasteiger partial charge < -0.3 is 19.9 Å². The number of rotatable bonds is 6. The topological polar surface area (TPSA) is 65.1 Å². The van der Waals surface area contributed by atoms with Crippen LogP contribution in [0.25, 0.3) is 0 Å². The number of nitrogens with one attached hydrogen (secondary N) is 1. The van der Waals surface area contributed by atoms with E-state index in [0.29, 0.717) is 57.2 Å². The SMILES string of the molecule is O=C(Nc1ccc(N2CCN(C(C(=O)N3CCC(F)(F)C3)c3ccccc3)CC2)c(F)c1)C1CCOC1. The molecule has 0 aliphatic carbocycles. The molecule has 10 heteroatoms. The first-order valence-corrected chi connectivity index (χ1v) is 12.7. The highest BCUT2D eigenvalue weighted by atomic mass is 19.3. The van der Waals surface area contributed by atoms with Crippen LogP contribution in [0.4, 0.5) is 24.5 Å². The number of nitrogens with zero attached hydrogens (tertiary/aromatic N) is 3. The molecule has 3 aliphatic rings. The van der Waals surface area contributed by atoms with Crippen LogP contribution < -0.4 is 10.2 Å². The van der Waals surface area contributed by atoms with Gasteiger partial charge in [-0.25, -0.2) is 13.2 Å². The standard InChI is InChI=1S/C27H31F3N4O3/c28-22-16-21(31-25(35)20-8-15-37-17-20)6-7-23(22)32-11-13-33(14-12-32)24(19-4-2-1-3-5-19)26(36)34-10-9-27(29,30)18-34/h1-7,16,20,24H,8-15,17-18H2,(H,31,35). The monoisotopic (exact) mass is 516 g/mol. The number of hydrogen-bond donors (Lipinski definition) is 1. The first kappa shape index (κ1) is 25.5. The zero-order chi connectivity index (χ0) is 26.0. The molecule has 1 N–H and O–H groups in total. The van der Waals surface area contributed by atoms with Gasteiger partial charge in [0.1, 0.15) is 11.9 Å². The lowest BCUT2D eigenvalue weighted by Gasteiger charge is -2.40. The van der Waals surface area contributed by atoms with E-state index in [2.05, 4.69) is 5.32 Å². The number of amides is 2. The molecule has 0 bridgehead atoms. The number of likely N-dealkylation sites (tertiary alicyclic amines) is 1. The molecule has 2 amide bonds. The van der Waals surface area contributed by atoms with E-state index in [-0.39, 0.29) is 30.7 Å². The average molecular weight is 517 g/mol. The number of halogens is 3. The number of anilines is 2. The van der Waals surface area contributed by atoms with Crippen LogP contribution in [0.3, 0.4) is 0 Å². The molecule has 0 saturated carbocycles. The van der Waals surface area contributed by atoms with E-state index in [9.17, 15) is 18.4 Å². The van der Waals surface area contributed by atoms with Gasteiger partial charge in [-0.3, -0.25) is 14.5 Å². The lowest BCUT2D eigenvalue weighted by molar-refractivity contribution is -0.138. The van der Waals surface area contributed by atoms with Crippen molar-refractivity contribution in [2.24, 2.45) is 5.92 Å². The third-order valence-corrected chi connectivity index (χ3v) is 7.37. The number of piperazine rings is 1. The Morgan fingerprint density at radius 1 is 1.03 bits per heavy atom. The zero-order valence-corrected chi connectivity index (χ0v) is 20.5. The largest absolute Gasteiger partial charge is 0.381 e. The number of carbonyl (C=O) groups is 2. The number of hydrogen-bond acceptors (Lipinski definition) is 5. The maximum atomic E-state index is 15.0. The summed E-state index contributed by atoms with van der Waals surface area (Å²) >= 11 is 0. The fourth-order valence-electron chi connectivity index (χ4n) is 5.29. The fraction of sp³-hybridized carbons (Fsp3) is 0.481. The van der Waals surface area contributed by atoms with Crippen molar-refractivity contribution >= 4 is 23.2 Å². The Hall–Kier alpha value is -3.11. The quantitative estimate of drug-likeness (QED) is 0.637. The molecule has 0 aromatic heterocycles. The number of ether oxygens (including phenoxy) is 1. The second-order valence-electron chi connectivity index (χ2n) is 9.92. The summed E-state index contributed by atoms with van der Waals surface area (Å²) in [5.41, 5.74) is 1.58. The van der Waals surface area contributed by atoms with Crippen molar-refractivity contribution in [3.8, 4) is 0 Å². The third kappa shape index (κ3) is 5.75. The molecule has 3 heterocycles. The van der Waals surface area contributed by atoms with E-state index in [1.165, 1.54) is 11.0 Å². The second-order valence-corrected chi connectivity index (χ2v) is 9.92. The number of carbonyl (C=O) groups excluding carboxylic acids is 2. The van der Waals surface area contributed by atoms with Crippen molar-refractivity contribution in [3.05, 3.63) is 59.9 Å². The summed E-state index contributed by atoms with van der Waals surface area (Å²) in [5.74, 6) is -4.02. The summed E-state index contributed by atoms with van der Waals surface area (Å²) in [6, 6.07) is 13.2. The molecule has 37 heavy (non-hydrogen) atoms. The molecule has 0 spiro atoms. The average Bonchev–Trinajstić information content (AvgIpc) is 3.55. The molecular formula is C27H31F3N4O3. The minimum absolute atomic E-state index is 0.0387. The molecule has 2 unspecified atom stereocenters. The maximum Gasteiger partial charge on any atom is 0.267 e. The van der Waals surface area contributed by atoms with Crippen LogP contribution in [-0.2, 0) is 14.3 Å². The molecule has 2 aromatic carbocycles. The molecule has 3 saturated heterocycles. The van der Waals surface area contributed by atoms with Crippen LogP contribution in [-0.4, -0.2) is 80.0 Å². The van der Waals surface area contributed by atoms with Gasteiger partial charge >= 0.3 is 0 Å². The van der Waals surface area contributed by atoms with Gasteiger partial charge in [0.2, 0.25) is 11.8 Å². The van der Waals surface area contributed by atoms with Crippen LogP contribution in [0.15, 0.2) is 48.5 Å². The molecule has 3 fully saturated rings. The van der Waals surface area contributed by atoms with E-state index < -0.39 is 24.3 Å². The predicted octanol–water partition coefficient (Wildman–Crippen LogP) is 3.53. The molecule has 2 aromatic rings. The van der Waals surface area contributed by atoms with Crippen molar-refractivity contribution in [3.63, 3.8) is 0 Å². The Kier molecular flexibility index (Phi) is 7.39. The van der Waals surface area contributed by atoms with Crippen LogP contribution in [0.2, 0.25) is 0 Å². The summed E-state index contributed by atoms with van der Waals surface area (Å²) in [4.78, 5) is 30.9. The fourth-order valence-corrected chi connectivity index (χ4v) is 5.29. The second kappa shape index (κ2) is 10.7. The maximum absolute atomic E-state index is 15.0. The van der Waals surface area contributed by atoms with Crippen LogP contribution in [0, 0.1) is 11.7 Å². The highest BCUT2D eigenvalue weighted by Gasteiger charge is 2.43. The van der Waals surface area contributed by atoms with Crippen molar-refractivity contribution in [1.82, 2.24) is 9.80 Å². The van der Waals surface area contributed by atoms with Crippen molar-refractivity contribution < 1.29 is 27.5 Å². The minimum atomic E-state index is -2.86. The van der Waals surface area contributed by atoms with Crippen molar-refractivity contribution in [2.45, 2.75) is 24.8 Å². The van der Waals surface area contributed by atoms with E-state index in [1.807, 2.05) is 40.1 Å². The summed E-state index contributed by atoms with van der Waals surface area (Å²) in [7, 11) is 0. The number of benzene rings is 2. The van der Waals surface area contributed by atoms with Crippen molar-refractivity contribution in [1.29, 1.82) is 0 Å². The molecule has 5 rings (SSSR count). The van der Waals surface area contributed by atoms with Gasteiger partial charge in [-0.1, -0.05) is 30.3 Å². The summed E-state index contributed by atoms with van der Waals surface area (Å²) in [6.45, 7) is 2.28. The number of alkyl halides is 2. The smallest absolute Gasteiger partial charge is 0.267 e. The van der Waals surface area contributed by atoms with Gasteiger partial charge in [-0.2, -0.15) is 0 Å². The highest BCUT2D eigenvalue weighted by Crippen LogP contribution is 2.33. The zero-order valence-electron chi connectivity index (χ0n) is 20.5. The molecule has 2 atom stereocenters. The Morgan fingerprint density at radius 3 is 2.41 bits per heavy atom. The van der Waals surface area contributed by atoms with Gasteiger partial charge in [0.25, 0.3) is 5.92 Å². The molecular weight excluding hydrogens is 485 g/mol. The van der Waals surface area contributed by atoms with Crippen molar-refractivity contribution in [2.75, 3.05) is 62.7 Å².